The Balaban J connectivity index is 1.85. The van der Waals surface area contributed by atoms with Crippen LogP contribution in [0.3, 0.4) is 0 Å². The van der Waals surface area contributed by atoms with Gasteiger partial charge in [-0.1, -0.05) is 0 Å². The Bertz CT molecular complexity index is 833. The summed E-state index contributed by atoms with van der Waals surface area (Å²) in [6.07, 6.45) is 1.72. The highest BCUT2D eigenvalue weighted by molar-refractivity contribution is 7.15. The lowest BCUT2D eigenvalue weighted by Crippen LogP contribution is -2.26. The van der Waals surface area contributed by atoms with Gasteiger partial charge in [0.1, 0.15) is 10.7 Å². The first-order chi connectivity index (χ1) is 9.63. The quantitative estimate of drug-likeness (QED) is 0.794. The van der Waals surface area contributed by atoms with Gasteiger partial charge >= 0.3 is 0 Å². The first kappa shape index (κ1) is 12.9. The highest BCUT2D eigenvalue weighted by Crippen LogP contribution is 2.11. The number of nitrogens with one attached hydrogen (secondary N) is 1. The lowest BCUT2D eigenvalue weighted by Gasteiger charge is -2.05. The summed E-state index contributed by atoms with van der Waals surface area (Å²) in [5, 5.41) is 7.30. The molecule has 0 aromatic carbocycles. The molecule has 0 aliphatic carbocycles. The fraction of sp³-hybridized carbons (Fsp3) is 0.167. The number of carbonyl (C=O) groups excluding carboxylic acids is 1. The Morgan fingerprint density at radius 1 is 1.40 bits per heavy atom. The maximum absolute atomic E-state index is 12.2. The van der Waals surface area contributed by atoms with Gasteiger partial charge in [-0.15, -0.1) is 22.7 Å². The predicted octanol–water partition coefficient (Wildman–Crippen LogP) is 1.45. The molecule has 0 spiro atoms. The largest absolute Gasteiger partial charge is 0.344 e. The standard InChI is InChI=1S/C12H10N4O2S2/c1-7-6-20-10(14-7)5-13-11(18)8-4-9(17)15-12-16(8)2-3-19-12/h2-4,6H,5H2,1H3,(H,13,18). The van der Waals surface area contributed by atoms with E-state index in [1.807, 2.05) is 12.3 Å². The number of hydrogen-bond acceptors (Lipinski definition) is 6. The molecule has 0 saturated carbocycles. The average Bonchev–Trinajstić information content (AvgIpc) is 3.03. The van der Waals surface area contributed by atoms with E-state index in [2.05, 4.69) is 15.3 Å². The van der Waals surface area contributed by atoms with Crippen molar-refractivity contribution in [2.24, 2.45) is 0 Å². The molecule has 0 unspecified atom stereocenters. The number of thiazole rings is 2. The van der Waals surface area contributed by atoms with Crippen molar-refractivity contribution in [1.82, 2.24) is 19.7 Å². The molecule has 6 nitrogen and oxygen atoms in total. The highest BCUT2D eigenvalue weighted by atomic mass is 32.1. The minimum absolute atomic E-state index is 0.287. The molecule has 0 radical (unpaired) electrons. The van der Waals surface area contributed by atoms with Crippen LogP contribution in [-0.4, -0.2) is 20.3 Å². The number of aromatic nitrogens is 3. The Labute approximate surface area is 121 Å². The molecule has 0 bridgehead atoms. The molecule has 0 saturated heterocycles. The van der Waals surface area contributed by atoms with Gasteiger partial charge in [0.25, 0.3) is 11.5 Å². The third-order valence-corrected chi connectivity index (χ3v) is 4.34. The van der Waals surface area contributed by atoms with E-state index in [1.165, 1.54) is 28.7 Å². The molecular formula is C12H10N4O2S2. The number of fused-ring (bicyclic) bond motifs is 1. The zero-order valence-electron chi connectivity index (χ0n) is 10.5. The van der Waals surface area contributed by atoms with Crippen molar-refractivity contribution in [2.45, 2.75) is 13.5 Å². The maximum atomic E-state index is 12.2. The summed E-state index contributed by atoms with van der Waals surface area (Å²) in [4.78, 5) is 32.3. The van der Waals surface area contributed by atoms with Crippen molar-refractivity contribution < 1.29 is 4.79 Å². The van der Waals surface area contributed by atoms with Crippen LogP contribution in [-0.2, 0) is 6.54 Å². The molecule has 3 rings (SSSR count). The van der Waals surface area contributed by atoms with Gasteiger partial charge < -0.3 is 5.32 Å². The van der Waals surface area contributed by atoms with Crippen LogP contribution in [0.5, 0.6) is 0 Å². The lowest BCUT2D eigenvalue weighted by atomic mass is 10.3. The molecule has 0 atom stereocenters. The molecule has 8 heteroatoms. The topological polar surface area (TPSA) is 76.4 Å². The second-order valence-electron chi connectivity index (χ2n) is 4.10. The number of rotatable bonds is 3. The number of aryl methyl sites for hydroxylation is 1. The van der Waals surface area contributed by atoms with Crippen molar-refractivity contribution in [2.75, 3.05) is 0 Å². The summed E-state index contributed by atoms with van der Waals surface area (Å²) in [6.45, 7) is 2.25. The minimum atomic E-state index is -0.414. The summed E-state index contributed by atoms with van der Waals surface area (Å²) < 4.78 is 1.61. The maximum Gasteiger partial charge on any atom is 0.274 e. The predicted molar refractivity (Wildman–Crippen MR) is 77.4 cm³/mol. The normalized spacial score (nSPS) is 10.8. The summed E-state index contributed by atoms with van der Waals surface area (Å²) in [5.41, 5.74) is 0.803. The van der Waals surface area contributed by atoms with Gasteiger partial charge in [-0.3, -0.25) is 14.0 Å². The van der Waals surface area contributed by atoms with E-state index in [0.29, 0.717) is 11.5 Å². The second kappa shape index (κ2) is 5.14. The van der Waals surface area contributed by atoms with Crippen LogP contribution in [0.15, 0.2) is 27.8 Å². The summed E-state index contributed by atoms with van der Waals surface area (Å²) in [6, 6.07) is 1.24. The van der Waals surface area contributed by atoms with E-state index in [9.17, 15) is 9.59 Å². The van der Waals surface area contributed by atoms with Crippen LogP contribution in [0, 0.1) is 6.92 Å². The van der Waals surface area contributed by atoms with E-state index < -0.39 is 5.56 Å². The monoisotopic (exact) mass is 306 g/mol. The van der Waals surface area contributed by atoms with E-state index in [0.717, 1.165) is 10.7 Å². The lowest BCUT2D eigenvalue weighted by molar-refractivity contribution is 0.0944. The van der Waals surface area contributed by atoms with Crippen molar-refractivity contribution in [1.29, 1.82) is 0 Å². The van der Waals surface area contributed by atoms with Crippen molar-refractivity contribution in [3.8, 4) is 0 Å². The molecular weight excluding hydrogens is 296 g/mol. The second-order valence-corrected chi connectivity index (χ2v) is 5.92. The number of amides is 1. The third kappa shape index (κ3) is 2.47. The van der Waals surface area contributed by atoms with Gasteiger partial charge in [0.05, 0.1) is 6.54 Å². The third-order valence-electron chi connectivity index (χ3n) is 2.61. The summed E-state index contributed by atoms with van der Waals surface area (Å²) >= 11 is 2.80. The molecule has 0 aliphatic heterocycles. The highest BCUT2D eigenvalue weighted by Gasteiger charge is 2.12. The Kier molecular flexibility index (Phi) is 3.33. The summed E-state index contributed by atoms with van der Waals surface area (Å²) in [5.74, 6) is -0.314. The fourth-order valence-corrected chi connectivity index (χ4v) is 3.19. The van der Waals surface area contributed by atoms with Gasteiger partial charge in [0.2, 0.25) is 0 Å². The Hall–Kier alpha value is -2.06. The molecule has 1 N–H and O–H groups in total. The first-order valence-electron chi connectivity index (χ1n) is 5.79. The number of nitrogens with zero attached hydrogens (tertiary/aromatic N) is 3. The zero-order valence-corrected chi connectivity index (χ0v) is 12.1. The van der Waals surface area contributed by atoms with E-state index >= 15 is 0 Å². The minimum Gasteiger partial charge on any atom is -0.344 e. The van der Waals surface area contributed by atoms with E-state index in [4.69, 9.17) is 0 Å². The van der Waals surface area contributed by atoms with Gasteiger partial charge in [-0.25, -0.2) is 4.98 Å². The van der Waals surface area contributed by atoms with Gasteiger partial charge in [0, 0.05) is 28.7 Å². The van der Waals surface area contributed by atoms with Crippen LogP contribution in [0.4, 0.5) is 0 Å². The van der Waals surface area contributed by atoms with Crippen LogP contribution in [0.1, 0.15) is 21.2 Å². The van der Waals surface area contributed by atoms with Crippen molar-refractivity contribution in [3.63, 3.8) is 0 Å². The molecule has 1 amide bonds. The summed E-state index contributed by atoms with van der Waals surface area (Å²) in [7, 11) is 0. The zero-order chi connectivity index (χ0) is 14.1. The number of hydrogen-bond donors (Lipinski definition) is 1. The molecule has 0 aliphatic rings. The molecule has 20 heavy (non-hydrogen) atoms. The SMILES string of the molecule is Cc1csc(CNC(=O)c2cc(=O)nc3sccn23)n1. The molecule has 0 fully saturated rings. The molecule has 102 valence electrons. The van der Waals surface area contributed by atoms with Crippen LogP contribution < -0.4 is 10.9 Å². The Morgan fingerprint density at radius 3 is 3.00 bits per heavy atom. The van der Waals surface area contributed by atoms with Gasteiger partial charge in [-0.2, -0.15) is 4.98 Å². The van der Waals surface area contributed by atoms with E-state index in [1.54, 1.807) is 16.0 Å². The average molecular weight is 306 g/mol. The molecule has 3 aromatic rings. The van der Waals surface area contributed by atoms with Crippen LogP contribution in [0.25, 0.3) is 4.96 Å². The van der Waals surface area contributed by atoms with Gasteiger partial charge in [0.15, 0.2) is 4.96 Å². The van der Waals surface area contributed by atoms with Crippen molar-refractivity contribution >= 4 is 33.5 Å². The fourth-order valence-electron chi connectivity index (χ4n) is 1.75. The first-order valence-corrected chi connectivity index (χ1v) is 7.55. The van der Waals surface area contributed by atoms with E-state index in [-0.39, 0.29) is 11.6 Å². The molecule has 3 heterocycles. The van der Waals surface area contributed by atoms with Crippen molar-refractivity contribution in [3.05, 3.63) is 49.8 Å². The van der Waals surface area contributed by atoms with Gasteiger partial charge in [-0.05, 0) is 6.92 Å². The molecule has 3 aromatic heterocycles. The van der Waals surface area contributed by atoms with Crippen LogP contribution >= 0.6 is 22.7 Å². The number of carbonyl (C=O) groups is 1. The Morgan fingerprint density at radius 2 is 2.25 bits per heavy atom. The van der Waals surface area contributed by atoms with Crippen LogP contribution in [0.2, 0.25) is 0 Å². The smallest absolute Gasteiger partial charge is 0.274 e.